The molecule has 1 aliphatic heterocycles. The molecule has 1 fully saturated rings. The minimum atomic E-state index is -0.500. The molecule has 0 saturated carbocycles. The Balaban J connectivity index is 2.14. The van der Waals surface area contributed by atoms with Gasteiger partial charge in [-0.15, -0.1) is 0 Å². The van der Waals surface area contributed by atoms with Gasteiger partial charge in [0.1, 0.15) is 11.6 Å². The minimum Gasteiger partial charge on any atom is -0.300 e. The predicted octanol–water partition coefficient (Wildman–Crippen LogP) is 3.16. The first-order valence-electron chi connectivity index (χ1n) is 5.77. The van der Waals surface area contributed by atoms with Gasteiger partial charge >= 0.3 is 0 Å². The number of hydrogen-bond acceptors (Lipinski definition) is 1. The van der Waals surface area contributed by atoms with Crippen LogP contribution in [0.1, 0.15) is 31.7 Å². The van der Waals surface area contributed by atoms with E-state index in [0.717, 1.165) is 25.6 Å². The monoisotopic (exact) mass is 225 g/mol. The van der Waals surface area contributed by atoms with Crippen LogP contribution in [0.25, 0.3) is 0 Å². The van der Waals surface area contributed by atoms with Gasteiger partial charge in [0.25, 0.3) is 0 Å². The number of benzene rings is 1. The SMILES string of the molecule is CC(C)N1CC[C@H](c2ccc(F)cc2F)C1. The molecule has 0 aliphatic carbocycles. The van der Waals surface area contributed by atoms with E-state index in [9.17, 15) is 8.78 Å². The summed E-state index contributed by atoms with van der Waals surface area (Å²) in [5.74, 6) is -0.696. The van der Waals surface area contributed by atoms with Gasteiger partial charge in [-0.25, -0.2) is 8.78 Å². The van der Waals surface area contributed by atoms with E-state index in [4.69, 9.17) is 0 Å². The van der Waals surface area contributed by atoms with E-state index in [1.807, 2.05) is 0 Å². The molecule has 2 rings (SSSR count). The molecule has 1 aliphatic rings. The van der Waals surface area contributed by atoms with Gasteiger partial charge in [-0.3, -0.25) is 0 Å². The van der Waals surface area contributed by atoms with Crippen LogP contribution in [0.5, 0.6) is 0 Å². The lowest BCUT2D eigenvalue weighted by Crippen LogP contribution is -2.28. The summed E-state index contributed by atoms with van der Waals surface area (Å²) in [6.45, 7) is 6.16. The third-order valence-corrected chi connectivity index (χ3v) is 3.35. The normalized spacial score (nSPS) is 21.9. The third-order valence-electron chi connectivity index (χ3n) is 3.35. The van der Waals surface area contributed by atoms with Crippen molar-refractivity contribution in [2.24, 2.45) is 0 Å². The van der Waals surface area contributed by atoms with Crippen LogP contribution in [0.4, 0.5) is 8.78 Å². The van der Waals surface area contributed by atoms with Crippen LogP contribution in [0.15, 0.2) is 18.2 Å². The summed E-state index contributed by atoms with van der Waals surface area (Å²) in [5, 5.41) is 0. The Bertz CT molecular complexity index is 376. The molecule has 0 N–H and O–H groups in total. The van der Waals surface area contributed by atoms with E-state index >= 15 is 0 Å². The Morgan fingerprint density at radius 1 is 1.31 bits per heavy atom. The number of rotatable bonds is 2. The van der Waals surface area contributed by atoms with Crippen LogP contribution in [0.3, 0.4) is 0 Å². The third kappa shape index (κ3) is 2.24. The molecule has 0 aromatic heterocycles. The molecule has 1 aromatic carbocycles. The van der Waals surface area contributed by atoms with Crippen molar-refractivity contribution in [2.75, 3.05) is 13.1 Å². The number of hydrogen-bond donors (Lipinski definition) is 0. The van der Waals surface area contributed by atoms with E-state index in [-0.39, 0.29) is 5.92 Å². The molecule has 0 unspecified atom stereocenters. The van der Waals surface area contributed by atoms with Gasteiger partial charge in [0.05, 0.1) is 0 Å². The van der Waals surface area contributed by atoms with E-state index in [0.29, 0.717) is 11.6 Å². The van der Waals surface area contributed by atoms with E-state index in [2.05, 4.69) is 18.7 Å². The highest BCUT2D eigenvalue weighted by Crippen LogP contribution is 2.30. The van der Waals surface area contributed by atoms with Gasteiger partial charge in [0, 0.05) is 24.6 Å². The number of likely N-dealkylation sites (tertiary alicyclic amines) is 1. The molecule has 0 bridgehead atoms. The lowest BCUT2D eigenvalue weighted by atomic mass is 9.98. The largest absolute Gasteiger partial charge is 0.300 e. The summed E-state index contributed by atoms with van der Waals surface area (Å²) >= 11 is 0. The van der Waals surface area contributed by atoms with Gasteiger partial charge < -0.3 is 4.90 Å². The molecule has 1 atom stereocenters. The molecule has 88 valence electrons. The summed E-state index contributed by atoms with van der Waals surface area (Å²) in [5.41, 5.74) is 0.657. The van der Waals surface area contributed by atoms with Crippen molar-refractivity contribution in [3.8, 4) is 0 Å². The zero-order valence-corrected chi connectivity index (χ0v) is 9.71. The lowest BCUT2D eigenvalue weighted by molar-refractivity contribution is 0.272. The average molecular weight is 225 g/mol. The molecule has 3 heteroatoms. The molecule has 0 spiro atoms. The molecular weight excluding hydrogens is 208 g/mol. The molecule has 1 saturated heterocycles. The molecule has 1 heterocycles. The average Bonchev–Trinajstić information content (AvgIpc) is 2.66. The predicted molar refractivity (Wildman–Crippen MR) is 60.4 cm³/mol. The molecular formula is C13H17F2N. The smallest absolute Gasteiger partial charge is 0.129 e. The van der Waals surface area contributed by atoms with Crippen molar-refractivity contribution in [1.82, 2.24) is 4.90 Å². The second-order valence-corrected chi connectivity index (χ2v) is 4.74. The van der Waals surface area contributed by atoms with E-state index in [1.165, 1.54) is 6.07 Å². The number of nitrogens with zero attached hydrogens (tertiary/aromatic N) is 1. The summed E-state index contributed by atoms with van der Waals surface area (Å²) in [6, 6.07) is 4.40. The summed E-state index contributed by atoms with van der Waals surface area (Å²) in [4.78, 5) is 2.33. The Hall–Kier alpha value is -0.960. The van der Waals surface area contributed by atoms with Crippen LogP contribution in [0.2, 0.25) is 0 Å². The highest BCUT2D eigenvalue weighted by atomic mass is 19.1. The molecule has 1 nitrogen and oxygen atoms in total. The van der Waals surface area contributed by atoms with Gasteiger partial charge in [-0.1, -0.05) is 6.07 Å². The Morgan fingerprint density at radius 3 is 2.62 bits per heavy atom. The molecule has 0 amide bonds. The zero-order chi connectivity index (χ0) is 11.7. The van der Waals surface area contributed by atoms with Gasteiger partial charge in [-0.2, -0.15) is 0 Å². The Kier molecular flexibility index (Phi) is 3.24. The molecule has 1 aromatic rings. The van der Waals surface area contributed by atoms with Crippen LogP contribution < -0.4 is 0 Å². The fourth-order valence-corrected chi connectivity index (χ4v) is 2.34. The topological polar surface area (TPSA) is 3.24 Å². The van der Waals surface area contributed by atoms with Crippen LogP contribution >= 0.6 is 0 Å². The summed E-state index contributed by atoms with van der Waals surface area (Å²) in [6.07, 6.45) is 0.959. The standard InChI is InChI=1S/C13H17F2N/c1-9(2)16-6-5-10(8-16)12-4-3-11(14)7-13(12)15/h3-4,7,9-10H,5-6,8H2,1-2H3/t10-/m0/s1. The van der Waals surface area contributed by atoms with Gasteiger partial charge in [0.2, 0.25) is 0 Å². The fourth-order valence-electron chi connectivity index (χ4n) is 2.34. The quantitative estimate of drug-likeness (QED) is 0.747. The van der Waals surface area contributed by atoms with Crippen molar-refractivity contribution in [3.05, 3.63) is 35.4 Å². The van der Waals surface area contributed by atoms with Crippen LogP contribution in [-0.4, -0.2) is 24.0 Å². The molecule has 16 heavy (non-hydrogen) atoms. The number of halogens is 2. The zero-order valence-electron chi connectivity index (χ0n) is 9.71. The van der Waals surface area contributed by atoms with Crippen molar-refractivity contribution >= 4 is 0 Å². The second kappa shape index (κ2) is 4.50. The van der Waals surface area contributed by atoms with E-state index in [1.54, 1.807) is 6.07 Å². The van der Waals surface area contributed by atoms with Crippen molar-refractivity contribution in [1.29, 1.82) is 0 Å². The highest BCUT2D eigenvalue weighted by Gasteiger charge is 2.27. The van der Waals surface area contributed by atoms with Crippen molar-refractivity contribution < 1.29 is 8.78 Å². The minimum absolute atomic E-state index is 0.211. The van der Waals surface area contributed by atoms with Crippen molar-refractivity contribution in [2.45, 2.75) is 32.2 Å². The Labute approximate surface area is 95.1 Å². The maximum Gasteiger partial charge on any atom is 0.129 e. The first-order valence-corrected chi connectivity index (χ1v) is 5.77. The van der Waals surface area contributed by atoms with Gasteiger partial charge in [0.15, 0.2) is 0 Å². The maximum atomic E-state index is 13.6. The van der Waals surface area contributed by atoms with Crippen LogP contribution in [0, 0.1) is 11.6 Å². The second-order valence-electron chi connectivity index (χ2n) is 4.74. The first-order chi connectivity index (χ1) is 7.58. The summed E-state index contributed by atoms with van der Waals surface area (Å²) < 4.78 is 26.4. The van der Waals surface area contributed by atoms with Crippen LogP contribution in [-0.2, 0) is 0 Å². The molecule has 0 radical (unpaired) electrons. The van der Waals surface area contributed by atoms with Crippen molar-refractivity contribution in [3.63, 3.8) is 0 Å². The first kappa shape index (κ1) is 11.5. The lowest BCUT2D eigenvalue weighted by Gasteiger charge is -2.20. The maximum absolute atomic E-state index is 13.6. The summed E-state index contributed by atoms with van der Waals surface area (Å²) in [7, 11) is 0. The highest BCUT2D eigenvalue weighted by molar-refractivity contribution is 5.24. The van der Waals surface area contributed by atoms with E-state index < -0.39 is 11.6 Å². The fraction of sp³-hybridized carbons (Fsp3) is 0.538. The van der Waals surface area contributed by atoms with Gasteiger partial charge in [-0.05, 0) is 38.4 Å². The Morgan fingerprint density at radius 2 is 2.06 bits per heavy atom.